The molecule has 0 aliphatic rings. The summed E-state index contributed by atoms with van der Waals surface area (Å²) >= 11 is 0. The van der Waals surface area contributed by atoms with Gasteiger partial charge in [0.15, 0.2) is 0 Å². The lowest BCUT2D eigenvalue weighted by molar-refractivity contribution is 0.419. The first-order chi connectivity index (χ1) is 7.26. The van der Waals surface area contributed by atoms with Crippen molar-refractivity contribution >= 4 is 11.0 Å². The van der Waals surface area contributed by atoms with Gasteiger partial charge in [0.1, 0.15) is 17.1 Å². The largest absolute Gasteiger partial charge is 0.496 e. The summed E-state index contributed by atoms with van der Waals surface area (Å²) in [6.07, 6.45) is 0. The maximum Gasteiger partial charge on any atom is 0.138 e. The number of furan rings is 1. The van der Waals surface area contributed by atoms with E-state index in [0.29, 0.717) is 0 Å². The second-order valence-electron chi connectivity index (χ2n) is 3.53. The second-order valence-corrected chi connectivity index (χ2v) is 3.53. The highest BCUT2D eigenvalue weighted by molar-refractivity contribution is 5.84. The van der Waals surface area contributed by atoms with Gasteiger partial charge in [-0.1, -0.05) is 6.07 Å². The van der Waals surface area contributed by atoms with Crippen molar-refractivity contribution in [1.82, 2.24) is 5.32 Å². The van der Waals surface area contributed by atoms with Gasteiger partial charge in [0.25, 0.3) is 0 Å². The zero-order valence-electron chi connectivity index (χ0n) is 9.20. The Morgan fingerprint density at radius 1 is 1.40 bits per heavy atom. The first-order valence-corrected chi connectivity index (χ1v) is 5.00. The molecule has 0 saturated heterocycles. The quantitative estimate of drug-likeness (QED) is 0.836. The van der Waals surface area contributed by atoms with Crippen molar-refractivity contribution in [2.45, 2.75) is 13.0 Å². The monoisotopic (exact) mass is 205 g/mol. The molecular formula is C12H15NO2. The van der Waals surface area contributed by atoms with E-state index in [1.807, 2.05) is 31.3 Å². The van der Waals surface area contributed by atoms with Crippen LogP contribution in [0.5, 0.6) is 5.75 Å². The normalized spacial score (nSPS) is 13.0. The Bertz CT molecular complexity index is 462. The van der Waals surface area contributed by atoms with Gasteiger partial charge in [-0.05, 0) is 32.2 Å². The highest BCUT2D eigenvalue weighted by Gasteiger charge is 2.11. The molecule has 3 heteroatoms. The van der Waals surface area contributed by atoms with Crippen LogP contribution < -0.4 is 10.1 Å². The number of hydrogen-bond acceptors (Lipinski definition) is 3. The first-order valence-electron chi connectivity index (χ1n) is 5.00. The number of fused-ring (bicyclic) bond motifs is 1. The lowest BCUT2D eigenvalue weighted by Gasteiger charge is -2.04. The molecule has 1 N–H and O–H groups in total. The Balaban J connectivity index is 2.55. The standard InChI is InChI=1S/C12H15NO2/c1-8(13-2)12-7-9-10(14-3)5-4-6-11(9)15-12/h4-8,13H,1-3H3. The Morgan fingerprint density at radius 2 is 2.20 bits per heavy atom. The summed E-state index contributed by atoms with van der Waals surface area (Å²) in [6.45, 7) is 2.06. The van der Waals surface area contributed by atoms with Crippen molar-refractivity contribution in [2.75, 3.05) is 14.2 Å². The average molecular weight is 205 g/mol. The van der Waals surface area contributed by atoms with Crippen LogP contribution in [0.15, 0.2) is 28.7 Å². The third kappa shape index (κ3) is 1.70. The van der Waals surface area contributed by atoms with E-state index in [4.69, 9.17) is 9.15 Å². The molecule has 1 heterocycles. The number of hydrogen-bond donors (Lipinski definition) is 1. The predicted octanol–water partition coefficient (Wildman–Crippen LogP) is 2.72. The van der Waals surface area contributed by atoms with E-state index >= 15 is 0 Å². The molecule has 15 heavy (non-hydrogen) atoms. The molecular weight excluding hydrogens is 190 g/mol. The highest BCUT2D eigenvalue weighted by Crippen LogP contribution is 2.30. The third-order valence-corrected chi connectivity index (χ3v) is 2.62. The van der Waals surface area contributed by atoms with Crippen LogP contribution in [0.1, 0.15) is 18.7 Å². The first kappa shape index (κ1) is 10.1. The van der Waals surface area contributed by atoms with Crippen LogP contribution in [-0.2, 0) is 0 Å². The van der Waals surface area contributed by atoms with E-state index in [-0.39, 0.29) is 6.04 Å². The summed E-state index contributed by atoms with van der Waals surface area (Å²) < 4.78 is 11.0. The van der Waals surface area contributed by atoms with Gasteiger partial charge in [-0.2, -0.15) is 0 Å². The summed E-state index contributed by atoms with van der Waals surface area (Å²) in [6, 6.07) is 8.05. The van der Waals surface area contributed by atoms with Gasteiger partial charge in [-0.15, -0.1) is 0 Å². The van der Waals surface area contributed by atoms with Gasteiger partial charge in [0.05, 0.1) is 18.5 Å². The maximum atomic E-state index is 5.72. The highest BCUT2D eigenvalue weighted by atomic mass is 16.5. The molecule has 0 amide bonds. The van der Waals surface area contributed by atoms with Crippen LogP contribution in [0.4, 0.5) is 0 Å². The topological polar surface area (TPSA) is 34.4 Å². The Labute approximate surface area is 89.0 Å². The molecule has 0 saturated carbocycles. The van der Waals surface area contributed by atoms with Crippen molar-refractivity contribution in [3.05, 3.63) is 30.0 Å². The fourth-order valence-electron chi connectivity index (χ4n) is 1.59. The molecule has 0 aliphatic heterocycles. The molecule has 0 radical (unpaired) electrons. The van der Waals surface area contributed by atoms with Gasteiger partial charge >= 0.3 is 0 Å². The van der Waals surface area contributed by atoms with Crippen molar-refractivity contribution in [2.24, 2.45) is 0 Å². The molecule has 80 valence electrons. The van der Waals surface area contributed by atoms with Crippen molar-refractivity contribution < 1.29 is 9.15 Å². The van der Waals surface area contributed by atoms with Crippen molar-refractivity contribution in [3.8, 4) is 5.75 Å². The Morgan fingerprint density at radius 3 is 2.87 bits per heavy atom. The molecule has 1 aromatic carbocycles. The fourth-order valence-corrected chi connectivity index (χ4v) is 1.59. The second kappa shape index (κ2) is 3.95. The summed E-state index contributed by atoms with van der Waals surface area (Å²) in [5.74, 6) is 1.78. The molecule has 1 aromatic heterocycles. The predicted molar refractivity (Wildman–Crippen MR) is 60.2 cm³/mol. The van der Waals surface area contributed by atoms with E-state index in [1.54, 1.807) is 7.11 Å². The van der Waals surface area contributed by atoms with Gasteiger partial charge in [0, 0.05) is 0 Å². The zero-order valence-corrected chi connectivity index (χ0v) is 9.20. The van der Waals surface area contributed by atoms with Gasteiger partial charge in [-0.3, -0.25) is 0 Å². The zero-order chi connectivity index (χ0) is 10.8. The molecule has 1 atom stereocenters. The Kier molecular flexibility index (Phi) is 2.64. The Hall–Kier alpha value is -1.48. The molecule has 2 aromatic rings. The van der Waals surface area contributed by atoms with Crippen molar-refractivity contribution in [1.29, 1.82) is 0 Å². The maximum absolute atomic E-state index is 5.72. The van der Waals surface area contributed by atoms with E-state index in [9.17, 15) is 0 Å². The average Bonchev–Trinajstić information content (AvgIpc) is 2.71. The molecule has 3 nitrogen and oxygen atoms in total. The molecule has 0 spiro atoms. The van der Waals surface area contributed by atoms with Gasteiger partial charge in [0.2, 0.25) is 0 Å². The number of nitrogens with one attached hydrogen (secondary N) is 1. The smallest absolute Gasteiger partial charge is 0.138 e. The number of benzene rings is 1. The number of rotatable bonds is 3. The van der Waals surface area contributed by atoms with Gasteiger partial charge < -0.3 is 14.5 Å². The SMILES string of the molecule is CNC(C)c1cc2c(OC)cccc2o1. The molecule has 1 unspecified atom stereocenters. The minimum Gasteiger partial charge on any atom is -0.496 e. The minimum atomic E-state index is 0.210. The van der Waals surface area contributed by atoms with E-state index in [0.717, 1.165) is 22.5 Å². The summed E-state index contributed by atoms with van der Waals surface area (Å²) in [4.78, 5) is 0. The van der Waals surface area contributed by atoms with Crippen LogP contribution >= 0.6 is 0 Å². The van der Waals surface area contributed by atoms with E-state index < -0.39 is 0 Å². The summed E-state index contributed by atoms with van der Waals surface area (Å²) in [5.41, 5.74) is 0.867. The molecule has 0 aliphatic carbocycles. The minimum absolute atomic E-state index is 0.210. The lowest BCUT2D eigenvalue weighted by atomic mass is 10.2. The molecule has 0 bridgehead atoms. The summed E-state index contributed by atoms with van der Waals surface area (Å²) in [5, 5.41) is 4.17. The third-order valence-electron chi connectivity index (χ3n) is 2.62. The lowest BCUT2D eigenvalue weighted by Crippen LogP contribution is -2.10. The number of ether oxygens (including phenoxy) is 1. The van der Waals surface area contributed by atoms with Crippen LogP contribution in [0, 0.1) is 0 Å². The molecule has 2 rings (SSSR count). The van der Waals surface area contributed by atoms with Crippen LogP contribution in [-0.4, -0.2) is 14.2 Å². The van der Waals surface area contributed by atoms with Crippen LogP contribution in [0.3, 0.4) is 0 Å². The molecule has 0 fully saturated rings. The van der Waals surface area contributed by atoms with Crippen LogP contribution in [0.25, 0.3) is 11.0 Å². The number of methoxy groups -OCH3 is 1. The van der Waals surface area contributed by atoms with Crippen molar-refractivity contribution in [3.63, 3.8) is 0 Å². The fraction of sp³-hybridized carbons (Fsp3) is 0.333. The van der Waals surface area contributed by atoms with E-state index in [1.165, 1.54) is 0 Å². The van der Waals surface area contributed by atoms with Crippen LogP contribution in [0.2, 0.25) is 0 Å². The van der Waals surface area contributed by atoms with Gasteiger partial charge in [-0.25, -0.2) is 0 Å². The summed E-state index contributed by atoms with van der Waals surface area (Å²) in [7, 11) is 3.58. The van der Waals surface area contributed by atoms with E-state index in [2.05, 4.69) is 12.2 Å².